The molecule has 0 amide bonds. The molecule has 3 aromatic carbocycles. The van der Waals surface area contributed by atoms with E-state index < -0.39 is 5.60 Å². The van der Waals surface area contributed by atoms with Gasteiger partial charge in [0.15, 0.2) is 0 Å². The van der Waals surface area contributed by atoms with E-state index in [0.29, 0.717) is 0 Å². The predicted octanol–water partition coefficient (Wildman–Crippen LogP) is 5.81. The van der Waals surface area contributed by atoms with Gasteiger partial charge >= 0.3 is 0 Å². The van der Waals surface area contributed by atoms with Gasteiger partial charge in [0, 0.05) is 0 Å². The third-order valence-corrected chi connectivity index (χ3v) is 4.63. The normalized spacial score (nSPS) is 11.9. The first-order valence-electron chi connectivity index (χ1n) is 9.44. The van der Waals surface area contributed by atoms with Crippen LogP contribution in [-0.4, -0.2) is 19.8 Å². The fraction of sp³-hybridized carbons (Fsp3) is 0.280. The SMILES string of the molecule is COc1ccc(C(OC(C)(C)C)(c2ccccc2)c2ccc(OC)cc2)cc1. The van der Waals surface area contributed by atoms with Crippen molar-refractivity contribution in [3.63, 3.8) is 0 Å². The van der Waals surface area contributed by atoms with Crippen LogP contribution in [0.1, 0.15) is 37.5 Å². The maximum atomic E-state index is 6.85. The quantitative estimate of drug-likeness (QED) is 0.508. The van der Waals surface area contributed by atoms with E-state index in [2.05, 4.69) is 57.2 Å². The highest BCUT2D eigenvalue weighted by atomic mass is 16.5. The molecule has 0 aliphatic carbocycles. The van der Waals surface area contributed by atoms with Crippen LogP contribution in [0.25, 0.3) is 0 Å². The molecule has 0 aromatic heterocycles. The lowest BCUT2D eigenvalue weighted by atomic mass is 9.79. The molecule has 3 rings (SSSR count). The largest absolute Gasteiger partial charge is 0.497 e. The molecule has 146 valence electrons. The molecule has 0 saturated heterocycles. The summed E-state index contributed by atoms with van der Waals surface area (Å²) in [4.78, 5) is 0. The summed E-state index contributed by atoms with van der Waals surface area (Å²) in [5.41, 5.74) is 2.01. The monoisotopic (exact) mass is 376 g/mol. The lowest BCUT2D eigenvalue weighted by Crippen LogP contribution is -2.39. The van der Waals surface area contributed by atoms with Gasteiger partial charge in [-0.1, -0.05) is 54.6 Å². The fourth-order valence-electron chi connectivity index (χ4n) is 3.46. The molecular formula is C25H28O3. The van der Waals surface area contributed by atoms with Crippen LogP contribution in [0, 0.1) is 0 Å². The Morgan fingerprint density at radius 1 is 0.536 bits per heavy atom. The first-order valence-corrected chi connectivity index (χ1v) is 9.44. The van der Waals surface area contributed by atoms with Crippen molar-refractivity contribution in [1.82, 2.24) is 0 Å². The zero-order chi connectivity index (χ0) is 20.2. The molecule has 28 heavy (non-hydrogen) atoms. The van der Waals surface area contributed by atoms with E-state index in [-0.39, 0.29) is 5.60 Å². The smallest absolute Gasteiger partial charge is 0.144 e. The van der Waals surface area contributed by atoms with Crippen molar-refractivity contribution < 1.29 is 14.2 Å². The summed E-state index contributed by atoms with van der Waals surface area (Å²) in [7, 11) is 3.35. The Bertz CT molecular complexity index is 828. The van der Waals surface area contributed by atoms with Crippen molar-refractivity contribution >= 4 is 0 Å². The van der Waals surface area contributed by atoms with Crippen LogP contribution in [0.4, 0.5) is 0 Å². The average molecular weight is 376 g/mol. The van der Waals surface area contributed by atoms with E-state index >= 15 is 0 Å². The Labute approximate surface area is 167 Å². The van der Waals surface area contributed by atoms with Gasteiger partial charge in [0.25, 0.3) is 0 Å². The fourth-order valence-corrected chi connectivity index (χ4v) is 3.46. The minimum atomic E-state index is -0.766. The summed E-state index contributed by atoms with van der Waals surface area (Å²) in [5, 5.41) is 0. The molecule has 3 aromatic rings. The minimum Gasteiger partial charge on any atom is -0.497 e. The summed E-state index contributed by atoms with van der Waals surface area (Å²) >= 11 is 0. The Hall–Kier alpha value is -2.78. The van der Waals surface area contributed by atoms with Gasteiger partial charge in [-0.3, -0.25) is 0 Å². The molecule has 3 heteroatoms. The van der Waals surface area contributed by atoms with Crippen molar-refractivity contribution in [3.8, 4) is 11.5 Å². The number of ether oxygens (including phenoxy) is 3. The van der Waals surface area contributed by atoms with E-state index in [0.717, 1.165) is 28.2 Å². The van der Waals surface area contributed by atoms with Crippen LogP contribution in [0.5, 0.6) is 11.5 Å². The zero-order valence-electron chi connectivity index (χ0n) is 17.2. The molecule has 3 nitrogen and oxygen atoms in total. The molecule has 0 N–H and O–H groups in total. The lowest BCUT2D eigenvalue weighted by Gasteiger charge is -2.41. The molecule has 0 heterocycles. The molecule has 0 aliphatic rings. The highest BCUT2D eigenvalue weighted by Gasteiger charge is 2.41. The van der Waals surface area contributed by atoms with Gasteiger partial charge in [0.05, 0.1) is 19.8 Å². The standard InChI is InChI=1S/C25H28O3/c1-24(2,3)28-25(19-9-7-6-8-10-19,20-11-15-22(26-4)16-12-20)21-13-17-23(27-5)18-14-21/h6-18H,1-5H3. The second-order valence-electron chi connectivity index (χ2n) is 7.72. The second-order valence-corrected chi connectivity index (χ2v) is 7.72. The second kappa shape index (κ2) is 8.07. The van der Waals surface area contributed by atoms with Crippen molar-refractivity contribution in [1.29, 1.82) is 0 Å². The van der Waals surface area contributed by atoms with Gasteiger partial charge in [-0.05, 0) is 61.7 Å². The van der Waals surface area contributed by atoms with Gasteiger partial charge in [-0.2, -0.15) is 0 Å². The first-order chi connectivity index (χ1) is 13.4. The Kier molecular flexibility index (Phi) is 5.76. The number of hydrogen-bond acceptors (Lipinski definition) is 3. The number of benzene rings is 3. The molecule has 0 unspecified atom stereocenters. The third kappa shape index (κ3) is 4.05. The number of rotatable bonds is 6. The Morgan fingerprint density at radius 2 is 0.929 bits per heavy atom. The molecule has 0 bridgehead atoms. The number of hydrogen-bond donors (Lipinski definition) is 0. The highest BCUT2D eigenvalue weighted by molar-refractivity contribution is 5.49. The molecule has 0 spiro atoms. The maximum absolute atomic E-state index is 6.85. The number of methoxy groups -OCH3 is 2. The van der Waals surface area contributed by atoms with Gasteiger partial charge in [0.1, 0.15) is 17.1 Å². The summed E-state index contributed by atoms with van der Waals surface area (Å²) in [5.74, 6) is 1.63. The van der Waals surface area contributed by atoms with E-state index in [1.54, 1.807) is 14.2 Å². The first kappa shape index (κ1) is 20.0. The molecule has 0 fully saturated rings. The van der Waals surface area contributed by atoms with Crippen LogP contribution in [-0.2, 0) is 10.3 Å². The molecular weight excluding hydrogens is 348 g/mol. The van der Waals surface area contributed by atoms with E-state index in [1.165, 1.54) is 0 Å². The summed E-state index contributed by atoms with van der Waals surface area (Å²) < 4.78 is 17.6. The van der Waals surface area contributed by atoms with E-state index in [1.807, 2.05) is 42.5 Å². The molecule has 0 atom stereocenters. The van der Waals surface area contributed by atoms with Gasteiger partial charge in [-0.15, -0.1) is 0 Å². The predicted molar refractivity (Wildman–Crippen MR) is 113 cm³/mol. The summed E-state index contributed by atoms with van der Waals surface area (Å²) in [6.07, 6.45) is 0. The Morgan fingerprint density at radius 3 is 1.29 bits per heavy atom. The van der Waals surface area contributed by atoms with Crippen molar-refractivity contribution in [2.45, 2.75) is 32.0 Å². The van der Waals surface area contributed by atoms with Gasteiger partial charge in [-0.25, -0.2) is 0 Å². The average Bonchev–Trinajstić information content (AvgIpc) is 2.72. The van der Waals surface area contributed by atoms with Gasteiger partial charge < -0.3 is 14.2 Å². The van der Waals surface area contributed by atoms with Crippen molar-refractivity contribution in [2.75, 3.05) is 14.2 Å². The molecule has 0 aliphatic heterocycles. The minimum absolute atomic E-state index is 0.379. The van der Waals surface area contributed by atoms with Crippen LogP contribution >= 0.6 is 0 Å². The third-order valence-electron chi connectivity index (χ3n) is 4.63. The molecule has 0 saturated carbocycles. The molecule has 0 radical (unpaired) electrons. The topological polar surface area (TPSA) is 27.7 Å². The van der Waals surface area contributed by atoms with Gasteiger partial charge in [0.2, 0.25) is 0 Å². The maximum Gasteiger partial charge on any atom is 0.144 e. The van der Waals surface area contributed by atoms with Crippen molar-refractivity contribution in [2.24, 2.45) is 0 Å². The van der Waals surface area contributed by atoms with Crippen LogP contribution in [0.2, 0.25) is 0 Å². The van der Waals surface area contributed by atoms with Crippen molar-refractivity contribution in [3.05, 3.63) is 95.6 Å². The highest BCUT2D eigenvalue weighted by Crippen LogP contribution is 2.44. The van der Waals surface area contributed by atoms with Crippen LogP contribution < -0.4 is 9.47 Å². The Balaban J connectivity index is 2.29. The van der Waals surface area contributed by atoms with Crippen LogP contribution in [0.15, 0.2) is 78.9 Å². The zero-order valence-corrected chi connectivity index (χ0v) is 17.2. The van der Waals surface area contributed by atoms with E-state index in [9.17, 15) is 0 Å². The lowest BCUT2D eigenvalue weighted by molar-refractivity contribution is -0.0917. The summed E-state index contributed by atoms with van der Waals surface area (Å²) in [6.45, 7) is 6.24. The summed E-state index contributed by atoms with van der Waals surface area (Å²) in [6, 6.07) is 26.5. The van der Waals surface area contributed by atoms with E-state index in [4.69, 9.17) is 14.2 Å². The van der Waals surface area contributed by atoms with Crippen LogP contribution in [0.3, 0.4) is 0 Å².